The Bertz CT molecular complexity index is 690. The molecule has 0 aliphatic heterocycles. The van der Waals surface area contributed by atoms with E-state index in [1.54, 1.807) is 29.2 Å². The lowest BCUT2D eigenvalue weighted by atomic mass is 10.2. The molecule has 0 unspecified atom stereocenters. The van der Waals surface area contributed by atoms with Crippen molar-refractivity contribution in [1.29, 1.82) is 0 Å². The minimum atomic E-state index is -0.243. The third-order valence-electron chi connectivity index (χ3n) is 2.75. The number of hydrogen-bond donors (Lipinski definition) is 1. The Morgan fingerprint density at radius 3 is 3.00 bits per heavy atom. The molecule has 20 heavy (non-hydrogen) atoms. The zero-order valence-electron chi connectivity index (χ0n) is 10.6. The van der Waals surface area contributed by atoms with E-state index < -0.39 is 0 Å². The predicted octanol–water partition coefficient (Wildman–Crippen LogP) is 1.79. The van der Waals surface area contributed by atoms with Crippen LogP contribution >= 0.6 is 0 Å². The van der Waals surface area contributed by atoms with Gasteiger partial charge in [-0.25, -0.2) is 9.67 Å². The van der Waals surface area contributed by atoms with Gasteiger partial charge in [-0.05, 0) is 35.9 Å². The number of nitrogens with zero attached hydrogens (tertiary/aromatic N) is 3. The first-order valence-corrected chi connectivity index (χ1v) is 6.09. The van der Waals surface area contributed by atoms with Crippen LogP contribution in [0.3, 0.4) is 0 Å². The molecule has 3 aromatic heterocycles. The standard InChI is InChI=1S/C14H12N4O2/c19-14(12-3-1-8-20-12)16-10-11-4-6-15-13(9-11)18-7-2-5-17-18/h1-9H,10H2,(H,16,19). The van der Waals surface area contributed by atoms with Crippen LogP contribution < -0.4 is 5.32 Å². The molecular formula is C14H12N4O2. The Balaban J connectivity index is 1.69. The van der Waals surface area contributed by atoms with Gasteiger partial charge in [0.05, 0.1) is 6.26 Å². The molecule has 6 nitrogen and oxygen atoms in total. The highest BCUT2D eigenvalue weighted by atomic mass is 16.3. The summed E-state index contributed by atoms with van der Waals surface area (Å²) in [6, 6.07) is 8.84. The molecule has 0 spiro atoms. The van der Waals surface area contributed by atoms with E-state index in [0.717, 1.165) is 5.56 Å². The molecule has 1 N–H and O–H groups in total. The summed E-state index contributed by atoms with van der Waals surface area (Å²) in [5.74, 6) is 0.763. The highest BCUT2D eigenvalue weighted by molar-refractivity contribution is 5.91. The number of nitrogens with one attached hydrogen (secondary N) is 1. The topological polar surface area (TPSA) is 73.0 Å². The van der Waals surface area contributed by atoms with Gasteiger partial charge in [-0.3, -0.25) is 4.79 Å². The fourth-order valence-corrected chi connectivity index (χ4v) is 1.78. The van der Waals surface area contributed by atoms with Crippen molar-refractivity contribution in [2.24, 2.45) is 0 Å². The van der Waals surface area contributed by atoms with Crippen molar-refractivity contribution in [2.45, 2.75) is 6.54 Å². The summed E-state index contributed by atoms with van der Waals surface area (Å²) >= 11 is 0. The zero-order chi connectivity index (χ0) is 13.8. The highest BCUT2D eigenvalue weighted by Crippen LogP contribution is 2.07. The lowest BCUT2D eigenvalue weighted by molar-refractivity contribution is 0.0923. The minimum absolute atomic E-state index is 0.243. The summed E-state index contributed by atoms with van der Waals surface area (Å²) in [6.45, 7) is 0.399. The molecule has 0 atom stereocenters. The molecule has 0 bridgehead atoms. The summed E-state index contributed by atoms with van der Waals surface area (Å²) in [4.78, 5) is 16.0. The van der Waals surface area contributed by atoms with Gasteiger partial charge in [-0.15, -0.1) is 0 Å². The van der Waals surface area contributed by atoms with Crippen molar-refractivity contribution in [1.82, 2.24) is 20.1 Å². The van der Waals surface area contributed by atoms with Crippen LogP contribution in [-0.4, -0.2) is 20.7 Å². The molecule has 3 rings (SSSR count). The van der Waals surface area contributed by atoms with E-state index in [2.05, 4.69) is 15.4 Å². The molecule has 1 amide bonds. The van der Waals surface area contributed by atoms with Crippen LogP contribution in [0.15, 0.2) is 59.6 Å². The average Bonchev–Trinajstić information content (AvgIpc) is 3.17. The zero-order valence-corrected chi connectivity index (χ0v) is 10.6. The van der Waals surface area contributed by atoms with Gasteiger partial charge in [0.2, 0.25) is 0 Å². The number of hydrogen-bond acceptors (Lipinski definition) is 4. The van der Waals surface area contributed by atoms with E-state index in [1.807, 2.05) is 24.4 Å². The average molecular weight is 268 g/mol. The summed E-state index contributed by atoms with van der Waals surface area (Å²) < 4.78 is 6.69. The lowest BCUT2D eigenvalue weighted by Gasteiger charge is -2.05. The molecule has 0 fully saturated rings. The predicted molar refractivity (Wildman–Crippen MR) is 71.2 cm³/mol. The van der Waals surface area contributed by atoms with Gasteiger partial charge in [-0.1, -0.05) is 0 Å². The van der Waals surface area contributed by atoms with Crippen molar-refractivity contribution >= 4 is 5.91 Å². The van der Waals surface area contributed by atoms with Crippen LogP contribution in [0.4, 0.5) is 0 Å². The van der Waals surface area contributed by atoms with E-state index in [0.29, 0.717) is 18.1 Å². The van der Waals surface area contributed by atoms with Crippen molar-refractivity contribution in [2.75, 3.05) is 0 Å². The van der Waals surface area contributed by atoms with Crippen molar-refractivity contribution < 1.29 is 9.21 Å². The van der Waals surface area contributed by atoms with Crippen LogP contribution in [0.2, 0.25) is 0 Å². The summed E-state index contributed by atoms with van der Waals surface area (Å²) in [6.07, 6.45) is 6.66. The smallest absolute Gasteiger partial charge is 0.287 e. The third kappa shape index (κ3) is 2.59. The van der Waals surface area contributed by atoms with Crippen molar-refractivity contribution in [3.63, 3.8) is 0 Å². The van der Waals surface area contributed by atoms with E-state index in [1.165, 1.54) is 6.26 Å². The van der Waals surface area contributed by atoms with E-state index in [4.69, 9.17) is 4.42 Å². The normalized spacial score (nSPS) is 10.4. The molecule has 0 aromatic carbocycles. The summed E-state index contributed by atoms with van der Waals surface area (Å²) in [5, 5.41) is 6.90. The summed E-state index contributed by atoms with van der Waals surface area (Å²) in [5.41, 5.74) is 0.936. The third-order valence-corrected chi connectivity index (χ3v) is 2.75. The number of aromatic nitrogens is 3. The van der Waals surface area contributed by atoms with Gasteiger partial charge < -0.3 is 9.73 Å². The number of rotatable bonds is 4. The second kappa shape index (κ2) is 5.40. The van der Waals surface area contributed by atoms with Gasteiger partial charge in [-0.2, -0.15) is 5.10 Å². The van der Waals surface area contributed by atoms with Crippen LogP contribution in [0, 0.1) is 0 Å². The number of pyridine rings is 1. The molecule has 0 aliphatic carbocycles. The van der Waals surface area contributed by atoms with Gasteiger partial charge >= 0.3 is 0 Å². The van der Waals surface area contributed by atoms with E-state index in [-0.39, 0.29) is 5.91 Å². The number of amides is 1. The van der Waals surface area contributed by atoms with E-state index >= 15 is 0 Å². The second-order valence-electron chi connectivity index (χ2n) is 4.13. The quantitative estimate of drug-likeness (QED) is 0.783. The first-order valence-electron chi connectivity index (χ1n) is 6.09. The lowest BCUT2D eigenvalue weighted by Crippen LogP contribution is -2.22. The molecule has 0 saturated heterocycles. The van der Waals surface area contributed by atoms with Crippen LogP contribution in [-0.2, 0) is 6.54 Å². The Morgan fingerprint density at radius 2 is 2.25 bits per heavy atom. The molecule has 3 heterocycles. The Kier molecular flexibility index (Phi) is 3.28. The van der Waals surface area contributed by atoms with E-state index in [9.17, 15) is 4.79 Å². The molecule has 0 saturated carbocycles. The second-order valence-corrected chi connectivity index (χ2v) is 4.13. The largest absolute Gasteiger partial charge is 0.459 e. The maximum Gasteiger partial charge on any atom is 0.287 e. The Hall–Kier alpha value is -2.89. The Morgan fingerprint density at radius 1 is 1.30 bits per heavy atom. The van der Waals surface area contributed by atoms with Crippen LogP contribution in [0.25, 0.3) is 5.82 Å². The van der Waals surface area contributed by atoms with Gasteiger partial charge in [0.1, 0.15) is 0 Å². The van der Waals surface area contributed by atoms with Crippen LogP contribution in [0.5, 0.6) is 0 Å². The molecular weight excluding hydrogens is 256 g/mol. The monoisotopic (exact) mass is 268 g/mol. The maximum absolute atomic E-state index is 11.8. The summed E-state index contributed by atoms with van der Waals surface area (Å²) in [7, 11) is 0. The van der Waals surface area contributed by atoms with Gasteiger partial charge in [0.15, 0.2) is 11.6 Å². The van der Waals surface area contributed by atoms with Crippen molar-refractivity contribution in [3.05, 3.63) is 66.5 Å². The fraction of sp³-hybridized carbons (Fsp3) is 0.0714. The number of carbonyl (C=O) groups is 1. The number of carbonyl (C=O) groups excluding carboxylic acids is 1. The molecule has 6 heteroatoms. The molecule has 0 aliphatic rings. The first-order chi connectivity index (χ1) is 9.83. The SMILES string of the molecule is O=C(NCc1ccnc(-n2cccn2)c1)c1ccco1. The Labute approximate surface area is 115 Å². The van der Waals surface area contributed by atoms with Crippen LogP contribution in [0.1, 0.15) is 16.1 Å². The minimum Gasteiger partial charge on any atom is -0.459 e. The fourth-order valence-electron chi connectivity index (χ4n) is 1.78. The van der Waals surface area contributed by atoms with Gasteiger partial charge in [0, 0.05) is 25.1 Å². The van der Waals surface area contributed by atoms with Gasteiger partial charge in [0.25, 0.3) is 5.91 Å². The molecule has 0 radical (unpaired) electrons. The molecule has 100 valence electrons. The maximum atomic E-state index is 11.8. The molecule has 3 aromatic rings. The van der Waals surface area contributed by atoms with Crippen molar-refractivity contribution in [3.8, 4) is 5.82 Å². The highest BCUT2D eigenvalue weighted by Gasteiger charge is 2.08. The number of furan rings is 1. The first kappa shape index (κ1) is 12.2.